The predicted octanol–water partition coefficient (Wildman–Crippen LogP) is -2.76. The van der Waals surface area contributed by atoms with Crippen molar-refractivity contribution in [2.24, 2.45) is 5.92 Å². The Morgan fingerprint density at radius 2 is 1.82 bits per heavy atom. The number of hydrogen-bond donors (Lipinski definition) is 5. The van der Waals surface area contributed by atoms with Crippen LogP contribution >= 0.6 is 12.6 Å². The lowest BCUT2D eigenvalue weighted by Crippen LogP contribution is -2.67. The molecule has 0 saturated heterocycles. The SMILES string of the molecule is [NH3+][C@@H]1[C@@H](S)[C@H](O)[C@@H](O)[C@@H]1CO. The predicted molar refractivity (Wildman–Crippen MR) is 42.0 cm³/mol. The molecule has 5 atom stereocenters. The molecule has 0 heterocycles. The lowest BCUT2D eigenvalue weighted by molar-refractivity contribution is -0.429. The van der Waals surface area contributed by atoms with Gasteiger partial charge in [-0.15, -0.1) is 0 Å². The summed E-state index contributed by atoms with van der Waals surface area (Å²) in [6.45, 7) is -0.149. The fourth-order valence-electron chi connectivity index (χ4n) is 1.46. The van der Waals surface area contributed by atoms with E-state index in [0.717, 1.165) is 0 Å². The summed E-state index contributed by atoms with van der Waals surface area (Å²) in [7, 11) is 0. The Balaban J connectivity index is 2.69. The Hall–Kier alpha value is 0.190. The molecule has 0 aromatic carbocycles. The lowest BCUT2D eigenvalue weighted by atomic mass is 10.0. The Labute approximate surface area is 70.4 Å². The van der Waals surface area contributed by atoms with Gasteiger partial charge in [0, 0.05) is 0 Å². The number of aliphatic hydroxyl groups excluding tert-OH is 3. The molecule has 11 heavy (non-hydrogen) atoms. The average molecular weight is 180 g/mol. The number of quaternary nitrogens is 1. The first-order valence-electron chi connectivity index (χ1n) is 3.57. The van der Waals surface area contributed by atoms with Crippen molar-refractivity contribution in [3.8, 4) is 0 Å². The molecule has 0 amide bonds. The normalized spacial score (nSPS) is 51.5. The molecule has 66 valence electrons. The molecule has 0 aromatic rings. The summed E-state index contributed by atoms with van der Waals surface area (Å²) in [6, 6.07) is -0.187. The van der Waals surface area contributed by atoms with Crippen LogP contribution in [0.5, 0.6) is 0 Å². The molecule has 0 spiro atoms. The molecule has 1 aliphatic rings. The van der Waals surface area contributed by atoms with Crippen LogP contribution in [0.3, 0.4) is 0 Å². The molecule has 4 nitrogen and oxygen atoms in total. The fraction of sp³-hybridized carbons (Fsp3) is 1.00. The van der Waals surface area contributed by atoms with Crippen LogP contribution in [0.25, 0.3) is 0 Å². The van der Waals surface area contributed by atoms with Crippen molar-refractivity contribution in [1.29, 1.82) is 0 Å². The van der Waals surface area contributed by atoms with E-state index in [1.807, 2.05) is 0 Å². The molecule has 0 bridgehead atoms. The van der Waals surface area contributed by atoms with Crippen molar-refractivity contribution < 1.29 is 21.1 Å². The Morgan fingerprint density at radius 3 is 2.00 bits per heavy atom. The second kappa shape index (κ2) is 3.28. The van der Waals surface area contributed by atoms with E-state index in [2.05, 4.69) is 18.4 Å². The Bertz CT molecular complexity index is 132. The van der Waals surface area contributed by atoms with Gasteiger partial charge in [-0.3, -0.25) is 0 Å². The lowest BCUT2D eigenvalue weighted by Gasteiger charge is -2.13. The topological polar surface area (TPSA) is 88.3 Å². The maximum absolute atomic E-state index is 9.30. The summed E-state index contributed by atoms with van der Waals surface area (Å²) >= 11 is 4.07. The zero-order chi connectivity index (χ0) is 8.59. The van der Waals surface area contributed by atoms with Crippen molar-refractivity contribution in [3.05, 3.63) is 0 Å². The second-order valence-corrected chi connectivity index (χ2v) is 3.58. The number of thiol groups is 1. The van der Waals surface area contributed by atoms with Gasteiger partial charge >= 0.3 is 0 Å². The van der Waals surface area contributed by atoms with Crippen molar-refractivity contribution in [2.75, 3.05) is 6.61 Å². The van der Waals surface area contributed by atoms with Crippen LogP contribution in [0.15, 0.2) is 0 Å². The summed E-state index contributed by atoms with van der Waals surface area (Å²) < 4.78 is 0. The first kappa shape index (κ1) is 9.28. The number of hydrogen-bond acceptors (Lipinski definition) is 4. The summed E-state index contributed by atoms with van der Waals surface area (Å²) in [5.41, 5.74) is 3.72. The minimum atomic E-state index is -0.884. The third kappa shape index (κ3) is 1.39. The first-order chi connectivity index (χ1) is 5.09. The minimum Gasteiger partial charge on any atom is -0.396 e. The largest absolute Gasteiger partial charge is 0.396 e. The average Bonchev–Trinajstić information content (AvgIpc) is 2.17. The molecular formula is C6H14NO3S+. The molecule has 6 N–H and O–H groups in total. The van der Waals surface area contributed by atoms with E-state index in [-0.39, 0.29) is 23.8 Å². The van der Waals surface area contributed by atoms with Crippen LogP contribution in [-0.4, -0.2) is 45.4 Å². The van der Waals surface area contributed by atoms with E-state index in [9.17, 15) is 10.2 Å². The van der Waals surface area contributed by atoms with Crippen LogP contribution in [0.1, 0.15) is 0 Å². The maximum Gasteiger partial charge on any atom is 0.106 e. The standard InChI is InChI=1S/C6H13NO3S/c7-3-2(1-8)4(9)5(10)6(3)11/h2-6,8-11H,1,7H2/p+1/t2-,3+,4+,5-,6-/m1/s1. The van der Waals surface area contributed by atoms with Gasteiger partial charge in [0.15, 0.2) is 0 Å². The van der Waals surface area contributed by atoms with Gasteiger partial charge in [0.2, 0.25) is 0 Å². The molecular weight excluding hydrogens is 166 g/mol. The second-order valence-electron chi connectivity index (χ2n) is 2.98. The van der Waals surface area contributed by atoms with Crippen molar-refractivity contribution in [1.82, 2.24) is 0 Å². The van der Waals surface area contributed by atoms with E-state index in [1.54, 1.807) is 0 Å². The van der Waals surface area contributed by atoms with Gasteiger partial charge in [-0.1, -0.05) is 0 Å². The van der Waals surface area contributed by atoms with Crippen LogP contribution in [0, 0.1) is 5.92 Å². The molecule has 0 aromatic heterocycles. The van der Waals surface area contributed by atoms with Gasteiger partial charge in [0.1, 0.15) is 6.04 Å². The Kier molecular flexibility index (Phi) is 2.77. The van der Waals surface area contributed by atoms with Crippen molar-refractivity contribution in [2.45, 2.75) is 23.5 Å². The van der Waals surface area contributed by atoms with Crippen LogP contribution in [-0.2, 0) is 0 Å². The highest BCUT2D eigenvalue weighted by Crippen LogP contribution is 2.27. The quantitative estimate of drug-likeness (QED) is 0.283. The van der Waals surface area contributed by atoms with E-state index < -0.39 is 12.2 Å². The Morgan fingerprint density at radius 1 is 1.27 bits per heavy atom. The van der Waals surface area contributed by atoms with E-state index in [4.69, 9.17) is 5.11 Å². The van der Waals surface area contributed by atoms with Gasteiger partial charge < -0.3 is 21.1 Å². The van der Waals surface area contributed by atoms with E-state index >= 15 is 0 Å². The van der Waals surface area contributed by atoms with Crippen LogP contribution < -0.4 is 5.73 Å². The van der Waals surface area contributed by atoms with Gasteiger partial charge in [-0.2, -0.15) is 12.6 Å². The van der Waals surface area contributed by atoms with Crippen LogP contribution in [0.2, 0.25) is 0 Å². The smallest absolute Gasteiger partial charge is 0.106 e. The molecule has 0 unspecified atom stereocenters. The van der Waals surface area contributed by atoms with E-state index in [1.165, 1.54) is 0 Å². The van der Waals surface area contributed by atoms with Crippen LogP contribution in [0.4, 0.5) is 0 Å². The van der Waals surface area contributed by atoms with Gasteiger partial charge in [0.05, 0.1) is 30.0 Å². The molecule has 0 radical (unpaired) electrons. The highest BCUT2D eigenvalue weighted by molar-refractivity contribution is 7.81. The third-order valence-electron chi connectivity index (χ3n) is 2.34. The maximum atomic E-state index is 9.30. The molecule has 1 rings (SSSR count). The van der Waals surface area contributed by atoms with Crippen molar-refractivity contribution >= 4 is 12.6 Å². The summed E-state index contributed by atoms with van der Waals surface area (Å²) in [6.07, 6.45) is -1.75. The first-order valence-corrected chi connectivity index (χ1v) is 4.09. The summed E-state index contributed by atoms with van der Waals surface area (Å²) in [4.78, 5) is 0. The molecule has 1 fully saturated rings. The molecule has 0 aliphatic heterocycles. The number of rotatable bonds is 1. The highest BCUT2D eigenvalue weighted by atomic mass is 32.1. The zero-order valence-corrected chi connectivity index (χ0v) is 6.98. The highest BCUT2D eigenvalue weighted by Gasteiger charge is 2.48. The third-order valence-corrected chi connectivity index (χ3v) is 3.03. The summed E-state index contributed by atoms with van der Waals surface area (Å²) in [5, 5.41) is 27.0. The van der Waals surface area contributed by atoms with Gasteiger partial charge in [-0.05, 0) is 0 Å². The fourth-order valence-corrected chi connectivity index (χ4v) is 1.86. The minimum absolute atomic E-state index is 0.149. The summed E-state index contributed by atoms with van der Waals surface area (Å²) in [5.74, 6) is -0.340. The number of aliphatic hydroxyl groups is 3. The van der Waals surface area contributed by atoms with Gasteiger partial charge in [-0.25, -0.2) is 0 Å². The zero-order valence-electron chi connectivity index (χ0n) is 6.09. The van der Waals surface area contributed by atoms with Crippen molar-refractivity contribution in [3.63, 3.8) is 0 Å². The molecule has 5 heteroatoms. The molecule has 1 aliphatic carbocycles. The van der Waals surface area contributed by atoms with E-state index in [0.29, 0.717) is 0 Å². The molecule has 1 saturated carbocycles. The van der Waals surface area contributed by atoms with Gasteiger partial charge in [0.25, 0.3) is 0 Å². The monoisotopic (exact) mass is 180 g/mol.